The Bertz CT molecular complexity index is 754. The molecule has 2 aromatic rings. The summed E-state index contributed by atoms with van der Waals surface area (Å²) < 4.78 is 38.1. The van der Waals surface area contributed by atoms with E-state index >= 15 is 0 Å². The molecule has 1 N–H and O–H groups in total. The largest absolute Gasteiger partial charge is 0.486 e. The standard InChI is InChI=1S/C17H21NO4S2/c1-12(2)24(19,20)18-16-9-21-10-17(16)22-15-5-3-13(4-6-15)14-7-8-23-11-14/h3-8,11-12,16-18H,9-10H2,1-2H3/t16-,17+/m1/s1. The fraction of sp³-hybridized carbons (Fsp3) is 0.412. The fourth-order valence-corrected chi connectivity index (χ4v) is 4.02. The van der Waals surface area contributed by atoms with E-state index in [4.69, 9.17) is 9.47 Å². The van der Waals surface area contributed by atoms with Gasteiger partial charge < -0.3 is 9.47 Å². The molecule has 2 heterocycles. The number of thiophene rings is 1. The second-order valence-electron chi connectivity index (χ2n) is 6.05. The SMILES string of the molecule is CC(C)S(=O)(=O)N[C@@H]1COC[C@@H]1Oc1ccc(-c2ccsc2)cc1. The molecule has 5 nitrogen and oxygen atoms in total. The van der Waals surface area contributed by atoms with Gasteiger partial charge in [-0.2, -0.15) is 11.3 Å². The van der Waals surface area contributed by atoms with E-state index in [0.29, 0.717) is 19.0 Å². The van der Waals surface area contributed by atoms with Gasteiger partial charge in [0.25, 0.3) is 0 Å². The molecule has 1 aliphatic heterocycles. The maximum Gasteiger partial charge on any atom is 0.214 e. The minimum atomic E-state index is -3.35. The van der Waals surface area contributed by atoms with Crippen molar-refractivity contribution in [3.63, 3.8) is 0 Å². The Balaban J connectivity index is 1.66. The van der Waals surface area contributed by atoms with Gasteiger partial charge in [-0.25, -0.2) is 13.1 Å². The van der Waals surface area contributed by atoms with Crippen molar-refractivity contribution in [3.8, 4) is 16.9 Å². The van der Waals surface area contributed by atoms with E-state index in [-0.39, 0.29) is 12.1 Å². The van der Waals surface area contributed by atoms with Gasteiger partial charge in [0.05, 0.1) is 24.5 Å². The van der Waals surface area contributed by atoms with Crippen molar-refractivity contribution < 1.29 is 17.9 Å². The van der Waals surface area contributed by atoms with Crippen LogP contribution in [0, 0.1) is 0 Å². The molecule has 1 aromatic carbocycles. The summed E-state index contributed by atoms with van der Waals surface area (Å²) in [4.78, 5) is 0. The van der Waals surface area contributed by atoms with Crippen LogP contribution in [0.2, 0.25) is 0 Å². The lowest BCUT2D eigenvalue weighted by atomic mass is 10.1. The highest BCUT2D eigenvalue weighted by Gasteiger charge is 2.34. The van der Waals surface area contributed by atoms with E-state index in [9.17, 15) is 8.42 Å². The Morgan fingerprint density at radius 2 is 1.92 bits per heavy atom. The van der Waals surface area contributed by atoms with Crippen LogP contribution in [-0.4, -0.2) is 39.0 Å². The van der Waals surface area contributed by atoms with Crippen molar-refractivity contribution in [1.29, 1.82) is 0 Å². The number of rotatable bonds is 6. The molecule has 0 bridgehead atoms. The molecule has 1 fully saturated rings. The van der Waals surface area contributed by atoms with Crippen molar-refractivity contribution in [2.24, 2.45) is 0 Å². The zero-order valence-corrected chi connectivity index (χ0v) is 15.3. The number of ether oxygens (including phenoxy) is 2. The van der Waals surface area contributed by atoms with Gasteiger partial charge in [-0.15, -0.1) is 0 Å². The lowest BCUT2D eigenvalue weighted by Gasteiger charge is -2.21. The Morgan fingerprint density at radius 3 is 2.54 bits per heavy atom. The second kappa shape index (κ2) is 7.23. The molecule has 24 heavy (non-hydrogen) atoms. The number of hydrogen-bond donors (Lipinski definition) is 1. The normalized spacial score (nSPS) is 21.3. The van der Waals surface area contributed by atoms with Gasteiger partial charge in [-0.3, -0.25) is 0 Å². The molecule has 1 aromatic heterocycles. The molecule has 0 saturated carbocycles. The van der Waals surface area contributed by atoms with Crippen LogP contribution in [0.3, 0.4) is 0 Å². The summed E-state index contributed by atoms with van der Waals surface area (Å²) in [5.74, 6) is 0.707. The zero-order chi connectivity index (χ0) is 17.2. The molecule has 7 heteroatoms. The lowest BCUT2D eigenvalue weighted by Crippen LogP contribution is -2.47. The average molecular weight is 367 g/mol. The van der Waals surface area contributed by atoms with Crippen molar-refractivity contribution in [2.75, 3.05) is 13.2 Å². The van der Waals surface area contributed by atoms with Gasteiger partial charge in [0.15, 0.2) is 0 Å². The maximum absolute atomic E-state index is 12.0. The van der Waals surface area contributed by atoms with E-state index in [1.807, 2.05) is 29.6 Å². The van der Waals surface area contributed by atoms with Crippen LogP contribution in [0.1, 0.15) is 13.8 Å². The number of benzene rings is 1. The minimum absolute atomic E-state index is 0.323. The predicted octanol–water partition coefficient (Wildman–Crippen LogP) is 2.89. The second-order valence-corrected chi connectivity index (χ2v) is 9.10. The van der Waals surface area contributed by atoms with Crippen molar-refractivity contribution >= 4 is 21.4 Å². The molecule has 0 radical (unpaired) electrons. The molecule has 0 unspecified atom stereocenters. The monoisotopic (exact) mass is 367 g/mol. The predicted molar refractivity (Wildman–Crippen MR) is 96.0 cm³/mol. The summed E-state index contributed by atoms with van der Waals surface area (Å²) in [6, 6.07) is 9.51. The first-order valence-corrected chi connectivity index (χ1v) is 10.3. The third kappa shape index (κ3) is 3.97. The highest BCUT2D eigenvalue weighted by Crippen LogP contribution is 2.25. The summed E-state index contributed by atoms with van der Waals surface area (Å²) in [5.41, 5.74) is 2.31. The molecule has 3 rings (SSSR count). The molecule has 0 aliphatic carbocycles. The van der Waals surface area contributed by atoms with Crippen LogP contribution in [0.25, 0.3) is 11.1 Å². The van der Waals surface area contributed by atoms with Crippen molar-refractivity contribution in [1.82, 2.24) is 4.72 Å². The van der Waals surface area contributed by atoms with Gasteiger partial charge in [0, 0.05) is 0 Å². The molecule has 2 atom stereocenters. The topological polar surface area (TPSA) is 64.6 Å². The molecule has 0 spiro atoms. The summed E-state index contributed by atoms with van der Waals surface area (Å²) in [5, 5.41) is 3.65. The average Bonchev–Trinajstić information content (AvgIpc) is 3.20. The van der Waals surface area contributed by atoms with Crippen molar-refractivity contribution in [3.05, 3.63) is 41.1 Å². The Hall–Kier alpha value is -1.41. The molecular weight excluding hydrogens is 346 g/mol. The van der Waals surface area contributed by atoms with Crippen LogP contribution in [-0.2, 0) is 14.8 Å². The van der Waals surface area contributed by atoms with Gasteiger partial charge in [0.1, 0.15) is 11.9 Å². The van der Waals surface area contributed by atoms with Crippen LogP contribution in [0.4, 0.5) is 0 Å². The van der Waals surface area contributed by atoms with Gasteiger partial charge in [-0.05, 0) is 53.9 Å². The first-order valence-electron chi connectivity index (χ1n) is 7.84. The van der Waals surface area contributed by atoms with Crippen LogP contribution < -0.4 is 9.46 Å². The summed E-state index contributed by atoms with van der Waals surface area (Å²) in [6.07, 6.45) is -0.328. The lowest BCUT2D eigenvalue weighted by molar-refractivity contribution is 0.140. The molecule has 0 amide bonds. The quantitative estimate of drug-likeness (QED) is 0.853. The zero-order valence-electron chi connectivity index (χ0n) is 13.6. The Kier molecular flexibility index (Phi) is 5.24. The van der Waals surface area contributed by atoms with Crippen LogP contribution in [0.15, 0.2) is 41.1 Å². The van der Waals surface area contributed by atoms with E-state index in [2.05, 4.69) is 16.2 Å². The van der Waals surface area contributed by atoms with E-state index in [0.717, 1.165) is 5.56 Å². The van der Waals surface area contributed by atoms with Crippen LogP contribution in [0.5, 0.6) is 5.75 Å². The number of hydrogen-bond acceptors (Lipinski definition) is 5. The smallest absolute Gasteiger partial charge is 0.214 e. The summed E-state index contributed by atoms with van der Waals surface area (Å²) in [7, 11) is -3.35. The molecule has 130 valence electrons. The highest BCUT2D eigenvalue weighted by molar-refractivity contribution is 7.90. The first kappa shape index (κ1) is 17.4. The number of nitrogens with one attached hydrogen (secondary N) is 1. The third-order valence-electron chi connectivity index (χ3n) is 3.96. The minimum Gasteiger partial charge on any atom is -0.486 e. The molecule has 1 aliphatic rings. The number of sulfonamides is 1. The summed E-state index contributed by atoms with van der Waals surface area (Å²) >= 11 is 1.66. The van der Waals surface area contributed by atoms with E-state index in [1.165, 1.54) is 5.56 Å². The van der Waals surface area contributed by atoms with Crippen molar-refractivity contribution in [2.45, 2.75) is 31.2 Å². The first-order chi connectivity index (χ1) is 11.5. The van der Waals surface area contributed by atoms with Gasteiger partial charge >= 0.3 is 0 Å². The van der Waals surface area contributed by atoms with Crippen LogP contribution >= 0.6 is 11.3 Å². The fourth-order valence-electron chi connectivity index (χ4n) is 2.44. The van der Waals surface area contributed by atoms with E-state index in [1.54, 1.807) is 25.2 Å². The molecule has 1 saturated heterocycles. The maximum atomic E-state index is 12.0. The van der Waals surface area contributed by atoms with Gasteiger partial charge in [-0.1, -0.05) is 12.1 Å². The van der Waals surface area contributed by atoms with Gasteiger partial charge in [0.2, 0.25) is 10.0 Å². The van der Waals surface area contributed by atoms with E-state index < -0.39 is 15.3 Å². The molecular formula is C17H21NO4S2. The Morgan fingerprint density at radius 1 is 1.17 bits per heavy atom. The third-order valence-corrected chi connectivity index (χ3v) is 6.52. The Labute approximate surface area is 146 Å². The summed E-state index contributed by atoms with van der Waals surface area (Å²) in [6.45, 7) is 4.00. The highest BCUT2D eigenvalue weighted by atomic mass is 32.2.